The Bertz CT molecular complexity index is 386. The Hall–Kier alpha value is -1.49. The lowest BCUT2D eigenvalue weighted by molar-refractivity contribution is 0.103. The van der Waals surface area contributed by atoms with Crippen molar-refractivity contribution in [1.82, 2.24) is 10.6 Å². The number of nitrogens with one attached hydrogen (secondary N) is 2. The fraction of sp³-hybridized carbons (Fsp3) is 0.643. The van der Waals surface area contributed by atoms with Crippen molar-refractivity contribution in [3.8, 4) is 0 Å². The topological polar surface area (TPSA) is 74.5 Å². The maximum atomic E-state index is 11.6. The second kappa shape index (κ2) is 7.84. The minimum atomic E-state index is -0.489. The third-order valence-electron chi connectivity index (χ3n) is 3.47. The average Bonchev–Trinajstić information content (AvgIpc) is 2.81. The van der Waals surface area contributed by atoms with Gasteiger partial charge in [0, 0.05) is 18.7 Å². The van der Waals surface area contributed by atoms with Crippen molar-refractivity contribution >= 4 is 6.03 Å². The number of amides is 2. The highest BCUT2D eigenvalue weighted by Gasteiger charge is 2.16. The normalized spacial score (nSPS) is 12.5. The largest absolute Gasteiger partial charge is 0.469 e. The third kappa shape index (κ3) is 4.95. The summed E-state index contributed by atoms with van der Waals surface area (Å²) < 4.78 is 5.14. The van der Waals surface area contributed by atoms with E-state index in [1.165, 1.54) is 0 Å². The van der Waals surface area contributed by atoms with Crippen molar-refractivity contribution in [3.63, 3.8) is 0 Å². The molecule has 1 aromatic rings. The molecule has 0 spiro atoms. The van der Waals surface area contributed by atoms with E-state index in [1.807, 2.05) is 26.8 Å². The van der Waals surface area contributed by atoms with Gasteiger partial charge in [-0.3, -0.25) is 0 Å². The van der Waals surface area contributed by atoms with Gasteiger partial charge in [-0.1, -0.05) is 26.7 Å². The van der Waals surface area contributed by atoms with Crippen LogP contribution in [0.5, 0.6) is 0 Å². The first kappa shape index (κ1) is 15.6. The van der Waals surface area contributed by atoms with Crippen LogP contribution in [0.3, 0.4) is 0 Å². The Labute approximate surface area is 114 Å². The quantitative estimate of drug-likeness (QED) is 0.709. The molecule has 0 aromatic carbocycles. The van der Waals surface area contributed by atoms with Crippen LogP contribution < -0.4 is 10.6 Å². The molecule has 0 fully saturated rings. The third-order valence-corrected chi connectivity index (χ3v) is 3.47. The van der Waals surface area contributed by atoms with Crippen molar-refractivity contribution in [1.29, 1.82) is 0 Å². The number of urea groups is 1. The number of hydrogen-bond donors (Lipinski definition) is 3. The smallest absolute Gasteiger partial charge is 0.315 e. The van der Waals surface area contributed by atoms with E-state index in [2.05, 4.69) is 10.6 Å². The standard InChI is InChI=1S/C14H24N2O3/c1-4-11(5-2)13(17)9-16-14(18)15-8-12-6-7-19-10(12)3/h6-7,11,13,17H,4-5,8-9H2,1-3H3,(H2,15,16,18)/t13-/m1/s1. The molecule has 19 heavy (non-hydrogen) atoms. The predicted molar refractivity (Wildman–Crippen MR) is 73.8 cm³/mol. The maximum Gasteiger partial charge on any atom is 0.315 e. The number of aliphatic hydroxyl groups is 1. The molecule has 1 aromatic heterocycles. The fourth-order valence-corrected chi connectivity index (χ4v) is 2.03. The monoisotopic (exact) mass is 268 g/mol. The number of aryl methyl sites for hydroxylation is 1. The minimum absolute atomic E-state index is 0.233. The average molecular weight is 268 g/mol. The van der Waals surface area contributed by atoms with Crippen LogP contribution in [0.15, 0.2) is 16.7 Å². The van der Waals surface area contributed by atoms with Crippen LogP contribution in [-0.2, 0) is 6.54 Å². The summed E-state index contributed by atoms with van der Waals surface area (Å²) in [6.07, 6.45) is 2.93. The summed E-state index contributed by atoms with van der Waals surface area (Å²) in [4.78, 5) is 11.6. The van der Waals surface area contributed by atoms with Gasteiger partial charge >= 0.3 is 6.03 Å². The summed E-state index contributed by atoms with van der Waals surface area (Å²) >= 11 is 0. The summed E-state index contributed by atoms with van der Waals surface area (Å²) in [7, 11) is 0. The van der Waals surface area contributed by atoms with Crippen molar-refractivity contribution in [2.45, 2.75) is 46.3 Å². The maximum absolute atomic E-state index is 11.6. The number of aliphatic hydroxyl groups excluding tert-OH is 1. The van der Waals surface area contributed by atoms with E-state index >= 15 is 0 Å². The van der Waals surface area contributed by atoms with Crippen LogP contribution in [0.1, 0.15) is 38.0 Å². The SMILES string of the molecule is CCC(CC)[C@H](O)CNC(=O)NCc1ccoc1C. The molecule has 0 saturated carbocycles. The van der Waals surface area contributed by atoms with Crippen molar-refractivity contribution in [3.05, 3.63) is 23.7 Å². The molecule has 2 amide bonds. The Balaban J connectivity index is 2.26. The van der Waals surface area contributed by atoms with Crippen molar-refractivity contribution in [2.24, 2.45) is 5.92 Å². The zero-order chi connectivity index (χ0) is 14.3. The lowest BCUT2D eigenvalue weighted by atomic mass is 9.97. The number of carbonyl (C=O) groups is 1. The summed E-state index contributed by atoms with van der Waals surface area (Å²) in [5.74, 6) is 1.04. The van der Waals surface area contributed by atoms with Crippen LogP contribution in [0.2, 0.25) is 0 Å². The highest BCUT2D eigenvalue weighted by atomic mass is 16.3. The molecule has 0 aliphatic heterocycles. The summed E-state index contributed by atoms with van der Waals surface area (Å²) in [5.41, 5.74) is 0.954. The summed E-state index contributed by atoms with van der Waals surface area (Å²) in [6.45, 7) is 6.64. The van der Waals surface area contributed by atoms with Gasteiger partial charge in [0.2, 0.25) is 0 Å². The molecular formula is C14H24N2O3. The molecule has 0 aliphatic carbocycles. The van der Waals surface area contributed by atoms with Gasteiger partial charge in [-0.15, -0.1) is 0 Å². The van der Waals surface area contributed by atoms with E-state index in [0.29, 0.717) is 6.54 Å². The first-order valence-corrected chi connectivity index (χ1v) is 6.81. The van der Waals surface area contributed by atoms with Gasteiger partial charge in [0.25, 0.3) is 0 Å². The van der Waals surface area contributed by atoms with Crippen molar-refractivity contribution in [2.75, 3.05) is 6.54 Å². The second-order valence-corrected chi connectivity index (χ2v) is 4.71. The molecule has 0 saturated heterocycles. The lowest BCUT2D eigenvalue weighted by Gasteiger charge is -2.20. The zero-order valence-corrected chi connectivity index (χ0v) is 11.9. The zero-order valence-electron chi connectivity index (χ0n) is 11.9. The Morgan fingerprint density at radius 2 is 2.05 bits per heavy atom. The van der Waals surface area contributed by atoms with Gasteiger partial charge in [-0.05, 0) is 18.9 Å². The van der Waals surface area contributed by atoms with Gasteiger partial charge in [-0.25, -0.2) is 4.79 Å². The van der Waals surface area contributed by atoms with E-state index in [0.717, 1.165) is 24.2 Å². The molecular weight excluding hydrogens is 244 g/mol. The molecule has 0 unspecified atom stereocenters. The molecule has 1 rings (SSSR count). The van der Waals surface area contributed by atoms with Gasteiger partial charge in [0.15, 0.2) is 0 Å². The van der Waals surface area contributed by atoms with Crippen LogP contribution in [0.4, 0.5) is 4.79 Å². The molecule has 5 heteroatoms. The number of rotatable bonds is 7. The minimum Gasteiger partial charge on any atom is -0.469 e. The molecule has 0 bridgehead atoms. The molecule has 1 atom stereocenters. The number of hydrogen-bond acceptors (Lipinski definition) is 3. The highest BCUT2D eigenvalue weighted by Crippen LogP contribution is 2.12. The van der Waals surface area contributed by atoms with Crippen LogP contribution in [0, 0.1) is 12.8 Å². The first-order chi connectivity index (χ1) is 9.08. The first-order valence-electron chi connectivity index (χ1n) is 6.81. The Kier molecular flexibility index (Phi) is 6.42. The van der Waals surface area contributed by atoms with Gasteiger partial charge in [0.05, 0.1) is 12.4 Å². The predicted octanol–water partition coefficient (Wildman–Crippen LogP) is 2.18. The molecule has 0 aliphatic rings. The van der Waals surface area contributed by atoms with Crippen molar-refractivity contribution < 1.29 is 14.3 Å². The van der Waals surface area contributed by atoms with E-state index in [1.54, 1.807) is 6.26 Å². The van der Waals surface area contributed by atoms with Gasteiger partial charge in [-0.2, -0.15) is 0 Å². The Morgan fingerprint density at radius 3 is 2.58 bits per heavy atom. The molecule has 0 radical (unpaired) electrons. The Morgan fingerprint density at radius 1 is 1.37 bits per heavy atom. The van der Waals surface area contributed by atoms with E-state index < -0.39 is 6.10 Å². The van der Waals surface area contributed by atoms with Crippen LogP contribution >= 0.6 is 0 Å². The molecule has 1 heterocycles. The summed E-state index contributed by atoms with van der Waals surface area (Å²) in [6, 6.07) is 1.56. The van der Waals surface area contributed by atoms with Crippen LogP contribution in [0.25, 0.3) is 0 Å². The highest BCUT2D eigenvalue weighted by molar-refractivity contribution is 5.73. The van der Waals surface area contributed by atoms with Gasteiger partial charge in [0.1, 0.15) is 5.76 Å². The number of furan rings is 1. The second-order valence-electron chi connectivity index (χ2n) is 4.71. The number of carbonyl (C=O) groups excluding carboxylic acids is 1. The summed E-state index contributed by atoms with van der Waals surface area (Å²) in [5, 5.41) is 15.3. The van der Waals surface area contributed by atoms with Gasteiger partial charge < -0.3 is 20.2 Å². The van der Waals surface area contributed by atoms with E-state index in [9.17, 15) is 9.90 Å². The van der Waals surface area contributed by atoms with E-state index in [4.69, 9.17) is 4.42 Å². The molecule has 3 N–H and O–H groups in total. The molecule has 108 valence electrons. The fourth-order valence-electron chi connectivity index (χ4n) is 2.03. The van der Waals surface area contributed by atoms with E-state index in [-0.39, 0.29) is 18.5 Å². The van der Waals surface area contributed by atoms with Crippen LogP contribution in [-0.4, -0.2) is 23.8 Å². The lowest BCUT2D eigenvalue weighted by Crippen LogP contribution is -2.41. The molecule has 5 nitrogen and oxygen atoms in total.